The van der Waals surface area contributed by atoms with Crippen LogP contribution in [0.1, 0.15) is 29.3 Å². The van der Waals surface area contributed by atoms with Crippen molar-refractivity contribution in [2.24, 2.45) is 0 Å². The third-order valence-electron chi connectivity index (χ3n) is 6.15. The lowest BCUT2D eigenvalue weighted by molar-refractivity contribution is -0.0383. The van der Waals surface area contributed by atoms with E-state index in [1.165, 1.54) is 13.3 Å². The van der Waals surface area contributed by atoms with Crippen LogP contribution in [0.3, 0.4) is 0 Å². The number of hydrogen-bond acceptors (Lipinski definition) is 9. The molecule has 9 nitrogen and oxygen atoms in total. The van der Waals surface area contributed by atoms with Gasteiger partial charge in [0.05, 0.1) is 38.1 Å². The molecular weight excluding hydrogens is 493 g/mol. The molecule has 0 spiro atoms. The third kappa shape index (κ3) is 4.88. The highest BCUT2D eigenvalue weighted by Gasteiger charge is 2.28. The Kier molecular flexibility index (Phi) is 7.20. The number of pyridine rings is 2. The van der Waals surface area contributed by atoms with E-state index in [4.69, 9.17) is 23.4 Å². The first-order chi connectivity index (χ1) is 18.5. The molecule has 4 heterocycles. The predicted octanol–water partition coefficient (Wildman–Crippen LogP) is 5.12. The summed E-state index contributed by atoms with van der Waals surface area (Å²) in [4.78, 5) is 20.9. The van der Waals surface area contributed by atoms with E-state index in [1.54, 1.807) is 49.5 Å². The Morgan fingerprint density at radius 1 is 1.21 bits per heavy atom. The van der Waals surface area contributed by atoms with E-state index in [1.807, 2.05) is 0 Å². The molecule has 1 aliphatic rings. The summed E-state index contributed by atoms with van der Waals surface area (Å²) in [7, 11) is 1.47. The van der Waals surface area contributed by atoms with E-state index in [0.29, 0.717) is 58.2 Å². The monoisotopic (exact) mass is 517 g/mol. The molecule has 4 aromatic rings. The molecule has 0 bridgehead atoms. The van der Waals surface area contributed by atoms with E-state index in [2.05, 4.69) is 16.0 Å². The molecule has 2 unspecified atom stereocenters. The first kappa shape index (κ1) is 25.2. The number of fused-ring (bicyclic) bond motifs is 1. The van der Waals surface area contributed by atoms with Crippen molar-refractivity contribution < 1.29 is 32.5 Å². The summed E-state index contributed by atoms with van der Waals surface area (Å²) in [6, 6.07) is 12.3. The molecule has 1 aliphatic heterocycles. The Balaban J connectivity index is 1.50. The van der Waals surface area contributed by atoms with Crippen LogP contribution < -0.4 is 9.47 Å². The number of carbonyl (C=O) groups excluding carboxylic acids is 1. The second-order valence-corrected chi connectivity index (χ2v) is 8.54. The number of nitriles is 1. The minimum absolute atomic E-state index is 0.0222. The molecule has 38 heavy (non-hydrogen) atoms. The molecule has 0 radical (unpaired) electrons. The number of ether oxygens (including phenoxy) is 4. The lowest BCUT2D eigenvalue weighted by Gasteiger charge is -2.27. The van der Waals surface area contributed by atoms with Crippen molar-refractivity contribution in [3.8, 4) is 40.1 Å². The Hall–Kier alpha value is -4.49. The van der Waals surface area contributed by atoms with Crippen LogP contribution in [0.5, 0.6) is 11.5 Å². The number of methoxy groups -OCH3 is 1. The van der Waals surface area contributed by atoms with Crippen LogP contribution in [0.2, 0.25) is 0 Å². The predicted molar refractivity (Wildman–Crippen MR) is 135 cm³/mol. The fourth-order valence-electron chi connectivity index (χ4n) is 4.26. The van der Waals surface area contributed by atoms with Crippen LogP contribution in [0.25, 0.3) is 33.7 Å². The maximum Gasteiger partial charge on any atom is 0.339 e. The van der Waals surface area contributed by atoms with Crippen LogP contribution in [0.4, 0.5) is 4.39 Å². The number of carbonyl (C=O) groups is 1. The largest absolute Gasteiger partial charge is 0.494 e. The van der Waals surface area contributed by atoms with Gasteiger partial charge < -0.3 is 23.4 Å². The highest BCUT2D eigenvalue weighted by Crippen LogP contribution is 2.37. The van der Waals surface area contributed by atoms with E-state index >= 15 is 0 Å². The van der Waals surface area contributed by atoms with Crippen molar-refractivity contribution in [2.45, 2.75) is 25.6 Å². The lowest BCUT2D eigenvalue weighted by Crippen LogP contribution is -2.37. The fourth-order valence-corrected chi connectivity index (χ4v) is 4.26. The number of alkyl halides is 1. The van der Waals surface area contributed by atoms with Gasteiger partial charge in [0.1, 0.15) is 34.9 Å². The summed E-state index contributed by atoms with van der Waals surface area (Å²) >= 11 is 0. The molecule has 1 saturated heterocycles. The van der Waals surface area contributed by atoms with Gasteiger partial charge >= 0.3 is 5.97 Å². The van der Waals surface area contributed by atoms with Crippen LogP contribution >= 0.6 is 0 Å². The summed E-state index contributed by atoms with van der Waals surface area (Å²) in [5.41, 5.74) is 3.36. The van der Waals surface area contributed by atoms with Gasteiger partial charge in [-0.2, -0.15) is 5.26 Å². The van der Waals surface area contributed by atoms with E-state index in [9.17, 15) is 14.4 Å². The lowest BCUT2D eigenvalue weighted by atomic mass is 10.0. The van der Waals surface area contributed by atoms with Crippen LogP contribution in [0, 0.1) is 11.3 Å². The second-order valence-electron chi connectivity index (χ2n) is 8.54. The number of furan rings is 1. The van der Waals surface area contributed by atoms with Crippen molar-refractivity contribution in [3.05, 3.63) is 59.9 Å². The maximum atomic E-state index is 14.2. The van der Waals surface area contributed by atoms with Gasteiger partial charge in [-0.3, -0.25) is 4.98 Å². The normalized spacial score (nSPS) is 17.1. The molecule has 1 aromatic carbocycles. The van der Waals surface area contributed by atoms with Crippen LogP contribution in [0.15, 0.2) is 53.2 Å². The van der Waals surface area contributed by atoms with Gasteiger partial charge in [-0.15, -0.1) is 0 Å². The molecule has 3 aromatic heterocycles. The molecule has 194 valence electrons. The molecule has 10 heteroatoms. The quantitative estimate of drug-likeness (QED) is 0.308. The summed E-state index contributed by atoms with van der Waals surface area (Å²) in [5, 5.41) is 9.76. The zero-order valence-corrected chi connectivity index (χ0v) is 20.8. The smallest absolute Gasteiger partial charge is 0.339 e. The average molecular weight is 518 g/mol. The summed E-state index contributed by atoms with van der Waals surface area (Å²) in [6.07, 6.45) is 1.52. The van der Waals surface area contributed by atoms with Crippen molar-refractivity contribution >= 4 is 17.1 Å². The Morgan fingerprint density at radius 2 is 2.08 bits per heavy atom. The average Bonchev–Trinajstić information content (AvgIpc) is 3.38. The molecule has 2 atom stereocenters. The Labute approximate surface area is 217 Å². The third-order valence-corrected chi connectivity index (χ3v) is 6.15. The SMILES string of the molecule is CCOC(=O)c1cnc(-c2cc3nccc(-c4ccc(OC5CCOCC5F)c(C#N)c4)c3o2)c(OC)c1. The first-order valence-corrected chi connectivity index (χ1v) is 12.1. The molecule has 1 fully saturated rings. The van der Waals surface area contributed by atoms with E-state index in [0.717, 1.165) is 0 Å². The van der Waals surface area contributed by atoms with Gasteiger partial charge in [-0.1, -0.05) is 6.07 Å². The zero-order chi connectivity index (χ0) is 26.6. The highest BCUT2D eigenvalue weighted by atomic mass is 19.1. The van der Waals surface area contributed by atoms with Gasteiger partial charge in [0.25, 0.3) is 0 Å². The molecule has 0 amide bonds. The molecule has 0 aliphatic carbocycles. The van der Waals surface area contributed by atoms with E-state index in [-0.39, 0.29) is 24.3 Å². The number of benzene rings is 1. The molecular formula is C28H24FN3O6. The van der Waals surface area contributed by atoms with Gasteiger partial charge in [-0.05, 0) is 36.8 Å². The maximum absolute atomic E-state index is 14.2. The zero-order valence-electron chi connectivity index (χ0n) is 20.8. The number of esters is 1. The Bertz CT molecular complexity index is 1530. The van der Waals surface area contributed by atoms with Crippen molar-refractivity contribution in [1.29, 1.82) is 5.26 Å². The minimum atomic E-state index is -1.26. The van der Waals surface area contributed by atoms with Gasteiger partial charge in [0.15, 0.2) is 17.5 Å². The van der Waals surface area contributed by atoms with Crippen molar-refractivity contribution in [2.75, 3.05) is 26.9 Å². The second kappa shape index (κ2) is 10.9. The summed E-state index contributed by atoms with van der Waals surface area (Å²) < 4.78 is 41.8. The van der Waals surface area contributed by atoms with Crippen molar-refractivity contribution in [1.82, 2.24) is 9.97 Å². The number of aromatic nitrogens is 2. The number of nitrogens with zero attached hydrogens (tertiary/aromatic N) is 3. The highest BCUT2D eigenvalue weighted by molar-refractivity contribution is 5.94. The first-order valence-electron chi connectivity index (χ1n) is 12.1. The number of hydrogen-bond donors (Lipinski definition) is 0. The van der Waals surface area contributed by atoms with Gasteiger partial charge in [0.2, 0.25) is 0 Å². The molecule has 0 N–H and O–H groups in total. The van der Waals surface area contributed by atoms with Gasteiger partial charge in [-0.25, -0.2) is 14.2 Å². The number of halogens is 1. The fraction of sp³-hybridized carbons (Fsp3) is 0.286. The summed E-state index contributed by atoms with van der Waals surface area (Å²) in [5.74, 6) is 0.537. The molecule has 0 saturated carbocycles. The van der Waals surface area contributed by atoms with Gasteiger partial charge in [0, 0.05) is 30.4 Å². The Morgan fingerprint density at radius 3 is 2.84 bits per heavy atom. The minimum Gasteiger partial charge on any atom is -0.494 e. The van der Waals surface area contributed by atoms with E-state index < -0.39 is 18.2 Å². The topological polar surface area (TPSA) is 117 Å². The molecule has 5 rings (SSSR count). The standard InChI is InChI=1S/C28H24FN3O6/c1-3-36-28(33)18-11-24(34-2)26(32-14-18)25-12-21-27(38-25)19(6-8-31-21)16-4-5-22(17(10-16)13-30)37-23-7-9-35-15-20(23)29/h4-6,8,10-12,14,20,23H,3,7,9,15H2,1-2H3. The summed E-state index contributed by atoms with van der Waals surface area (Å²) in [6.45, 7) is 2.35. The van der Waals surface area contributed by atoms with Crippen LogP contribution in [-0.2, 0) is 9.47 Å². The van der Waals surface area contributed by atoms with Crippen LogP contribution in [-0.4, -0.2) is 55.1 Å². The number of rotatable bonds is 7. The van der Waals surface area contributed by atoms with Crippen molar-refractivity contribution in [3.63, 3.8) is 0 Å².